The van der Waals surface area contributed by atoms with Crippen LogP contribution in [0.5, 0.6) is 0 Å². The summed E-state index contributed by atoms with van der Waals surface area (Å²) in [6.45, 7) is 5.09. The zero-order chi connectivity index (χ0) is 15.2. The standard InChI is InChI=1S/C19H24FN/c1-4-6-16(11-14(3)5-2)17-9-10-18(20)19(12-17)21-13-15-7-8-15/h1,6,11-12,15,21H,5,7-10,13H2,2-3H3/b14-11-,16-6+. The maximum Gasteiger partial charge on any atom is 0.123 e. The summed E-state index contributed by atoms with van der Waals surface area (Å²) >= 11 is 0. The van der Waals surface area contributed by atoms with Crippen LogP contribution in [0.3, 0.4) is 0 Å². The summed E-state index contributed by atoms with van der Waals surface area (Å²) in [7, 11) is 0. The quantitative estimate of drug-likeness (QED) is 0.546. The maximum atomic E-state index is 14.0. The van der Waals surface area contributed by atoms with Gasteiger partial charge in [0.15, 0.2) is 0 Å². The number of halogens is 1. The van der Waals surface area contributed by atoms with Crippen molar-refractivity contribution in [2.24, 2.45) is 5.92 Å². The Balaban J connectivity index is 2.18. The van der Waals surface area contributed by atoms with Gasteiger partial charge in [-0.05, 0) is 61.8 Å². The lowest BCUT2D eigenvalue weighted by Crippen LogP contribution is -2.18. The van der Waals surface area contributed by atoms with Crippen molar-refractivity contribution in [1.82, 2.24) is 5.32 Å². The van der Waals surface area contributed by atoms with Gasteiger partial charge in [-0.25, -0.2) is 4.39 Å². The Hall–Kier alpha value is -1.75. The minimum absolute atomic E-state index is 0.0318. The fourth-order valence-corrected chi connectivity index (χ4v) is 2.34. The minimum atomic E-state index is -0.0318. The zero-order valence-corrected chi connectivity index (χ0v) is 13.0. The molecule has 21 heavy (non-hydrogen) atoms. The van der Waals surface area contributed by atoms with Crippen LogP contribution in [-0.4, -0.2) is 6.54 Å². The summed E-state index contributed by atoms with van der Waals surface area (Å²) in [6, 6.07) is 0. The molecular formula is C19H24FN. The molecule has 2 heteroatoms. The van der Waals surface area contributed by atoms with Crippen LogP contribution in [0, 0.1) is 18.3 Å². The molecule has 2 rings (SSSR count). The van der Waals surface area contributed by atoms with E-state index in [-0.39, 0.29) is 5.83 Å². The van der Waals surface area contributed by atoms with Crippen LogP contribution in [0.1, 0.15) is 46.0 Å². The normalized spacial score (nSPS) is 20.2. The molecule has 1 fully saturated rings. The van der Waals surface area contributed by atoms with Gasteiger partial charge in [0.1, 0.15) is 5.83 Å². The number of hydrogen-bond acceptors (Lipinski definition) is 1. The van der Waals surface area contributed by atoms with E-state index in [0.717, 1.165) is 30.0 Å². The second-order valence-corrected chi connectivity index (χ2v) is 5.92. The predicted molar refractivity (Wildman–Crippen MR) is 87.1 cm³/mol. The van der Waals surface area contributed by atoms with Crippen molar-refractivity contribution in [3.8, 4) is 12.3 Å². The van der Waals surface area contributed by atoms with Gasteiger partial charge in [0, 0.05) is 13.0 Å². The van der Waals surface area contributed by atoms with Gasteiger partial charge >= 0.3 is 0 Å². The smallest absolute Gasteiger partial charge is 0.123 e. The van der Waals surface area contributed by atoms with Gasteiger partial charge in [-0.3, -0.25) is 0 Å². The highest BCUT2D eigenvalue weighted by Gasteiger charge is 2.22. The van der Waals surface area contributed by atoms with Gasteiger partial charge in [-0.15, -0.1) is 6.42 Å². The van der Waals surface area contributed by atoms with Crippen molar-refractivity contribution in [3.63, 3.8) is 0 Å². The fraction of sp³-hybridized carbons (Fsp3) is 0.474. The summed E-state index contributed by atoms with van der Waals surface area (Å²) in [5.74, 6) is 3.30. The number of rotatable bonds is 6. The summed E-state index contributed by atoms with van der Waals surface area (Å²) in [5, 5.41) is 3.26. The average molecular weight is 285 g/mol. The van der Waals surface area contributed by atoms with E-state index < -0.39 is 0 Å². The predicted octanol–water partition coefficient (Wildman–Crippen LogP) is 4.80. The molecule has 0 aliphatic heterocycles. The van der Waals surface area contributed by atoms with E-state index in [1.807, 2.05) is 6.08 Å². The molecule has 1 N–H and O–H groups in total. The van der Waals surface area contributed by atoms with Gasteiger partial charge in [-0.1, -0.05) is 24.5 Å². The van der Waals surface area contributed by atoms with Crippen LogP contribution in [-0.2, 0) is 0 Å². The number of allylic oxidation sites excluding steroid dienone is 7. The molecule has 0 radical (unpaired) electrons. The Labute approximate surface area is 127 Å². The fourth-order valence-electron chi connectivity index (χ4n) is 2.34. The van der Waals surface area contributed by atoms with E-state index in [1.54, 1.807) is 6.08 Å². The van der Waals surface area contributed by atoms with E-state index >= 15 is 0 Å². The summed E-state index contributed by atoms with van der Waals surface area (Å²) in [5.41, 5.74) is 4.09. The molecule has 2 aliphatic rings. The van der Waals surface area contributed by atoms with Crippen molar-refractivity contribution in [3.05, 3.63) is 46.5 Å². The van der Waals surface area contributed by atoms with Crippen molar-refractivity contribution >= 4 is 0 Å². The van der Waals surface area contributed by atoms with Crippen molar-refractivity contribution < 1.29 is 4.39 Å². The molecule has 2 aliphatic carbocycles. The van der Waals surface area contributed by atoms with E-state index in [0.29, 0.717) is 18.5 Å². The monoisotopic (exact) mass is 285 g/mol. The molecular weight excluding hydrogens is 261 g/mol. The molecule has 0 aromatic carbocycles. The number of terminal acetylenes is 1. The molecule has 0 heterocycles. The first-order chi connectivity index (χ1) is 10.1. The summed E-state index contributed by atoms with van der Waals surface area (Å²) < 4.78 is 14.0. The Bertz CT molecular complexity index is 551. The highest BCUT2D eigenvalue weighted by Crippen LogP contribution is 2.31. The minimum Gasteiger partial charge on any atom is -0.383 e. The van der Waals surface area contributed by atoms with Gasteiger partial charge in [0.25, 0.3) is 0 Å². The highest BCUT2D eigenvalue weighted by molar-refractivity contribution is 5.49. The summed E-state index contributed by atoms with van der Waals surface area (Å²) in [4.78, 5) is 0. The third kappa shape index (κ3) is 4.63. The van der Waals surface area contributed by atoms with Crippen LogP contribution in [0.2, 0.25) is 0 Å². The third-order valence-corrected chi connectivity index (χ3v) is 4.07. The first kappa shape index (κ1) is 15.6. The Morgan fingerprint density at radius 1 is 1.48 bits per heavy atom. The van der Waals surface area contributed by atoms with Crippen LogP contribution >= 0.6 is 0 Å². The lowest BCUT2D eigenvalue weighted by Gasteiger charge is -2.18. The molecule has 0 saturated heterocycles. The maximum absolute atomic E-state index is 14.0. The molecule has 1 nitrogen and oxygen atoms in total. The topological polar surface area (TPSA) is 12.0 Å². The molecule has 1 saturated carbocycles. The lowest BCUT2D eigenvalue weighted by molar-refractivity contribution is 0.553. The zero-order valence-electron chi connectivity index (χ0n) is 13.0. The molecule has 0 unspecified atom stereocenters. The van der Waals surface area contributed by atoms with Crippen LogP contribution in [0.15, 0.2) is 46.5 Å². The van der Waals surface area contributed by atoms with E-state index in [1.165, 1.54) is 18.4 Å². The van der Waals surface area contributed by atoms with Gasteiger partial charge in [0.05, 0.1) is 5.70 Å². The van der Waals surface area contributed by atoms with Gasteiger partial charge in [0.2, 0.25) is 0 Å². The highest BCUT2D eigenvalue weighted by atomic mass is 19.1. The molecule has 0 bridgehead atoms. The lowest BCUT2D eigenvalue weighted by atomic mass is 9.93. The summed E-state index contributed by atoms with van der Waals surface area (Å²) in [6.07, 6.45) is 16.0. The van der Waals surface area contributed by atoms with Gasteiger partial charge in [-0.2, -0.15) is 0 Å². The average Bonchev–Trinajstić information content (AvgIpc) is 3.30. The first-order valence-corrected chi connectivity index (χ1v) is 7.81. The van der Waals surface area contributed by atoms with Crippen LogP contribution in [0.4, 0.5) is 4.39 Å². The van der Waals surface area contributed by atoms with Crippen molar-refractivity contribution in [1.29, 1.82) is 0 Å². The van der Waals surface area contributed by atoms with E-state index in [2.05, 4.69) is 31.2 Å². The van der Waals surface area contributed by atoms with Crippen molar-refractivity contribution in [2.75, 3.05) is 6.54 Å². The Kier molecular flexibility index (Phi) is 5.44. The van der Waals surface area contributed by atoms with Crippen LogP contribution in [0.25, 0.3) is 0 Å². The molecule has 0 amide bonds. The Morgan fingerprint density at radius 2 is 2.24 bits per heavy atom. The molecule has 112 valence electrons. The molecule has 0 aromatic rings. The third-order valence-electron chi connectivity index (χ3n) is 4.07. The SMILES string of the molecule is C#C/C=C(\C=C(\C)CC)C1=CC(NCC2CC2)=C(F)CC1. The molecule has 0 spiro atoms. The second-order valence-electron chi connectivity index (χ2n) is 5.92. The van der Waals surface area contributed by atoms with Gasteiger partial charge < -0.3 is 5.32 Å². The largest absolute Gasteiger partial charge is 0.383 e. The van der Waals surface area contributed by atoms with E-state index in [9.17, 15) is 4.39 Å². The first-order valence-electron chi connectivity index (χ1n) is 7.81. The van der Waals surface area contributed by atoms with Crippen LogP contribution < -0.4 is 5.32 Å². The van der Waals surface area contributed by atoms with E-state index in [4.69, 9.17) is 6.42 Å². The molecule has 0 aromatic heterocycles. The second kappa shape index (κ2) is 7.31. The Morgan fingerprint density at radius 3 is 2.86 bits per heavy atom. The molecule has 0 atom stereocenters. The number of hydrogen-bond donors (Lipinski definition) is 1. The number of nitrogens with one attached hydrogen (secondary N) is 1. The van der Waals surface area contributed by atoms with Crippen molar-refractivity contribution in [2.45, 2.75) is 46.0 Å².